The topological polar surface area (TPSA) is 61.8 Å². The SMILES string of the molecule is COC(=CCOC1=CC(=O)c2ccccc2C1=O)OC. The normalized spacial score (nSPS) is 13.2. The fourth-order valence-electron chi connectivity index (χ4n) is 1.85. The van der Waals surface area contributed by atoms with E-state index in [1.807, 2.05) is 0 Å². The van der Waals surface area contributed by atoms with Crippen LogP contribution in [-0.4, -0.2) is 32.4 Å². The minimum absolute atomic E-state index is 0.0245. The van der Waals surface area contributed by atoms with Gasteiger partial charge in [-0.15, -0.1) is 0 Å². The molecule has 1 aliphatic carbocycles. The number of rotatable bonds is 5. The fraction of sp³-hybridized carbons (Fsp3) is 0.200. The van der Waals surface area contributed by atoms with E-state index in [-0.39, 0.29) is 29.9 Å². The molecule has 0 atom stereocenters. The van der Waals surface area contributed by atoms with Crippen molar-refractivity contribution >= 4 is 11.6 Å². The van der Waals surface area contributed by atoms with Gasteiger partial charge in [-0.3, -0.25) is 9.59 Å². The van der Waals surface area contributed by atoms with Gasteiger partial charge in [-0.2, -0.15) is 0 Å². The highest BCUT2D eigenvalue weighted by atomic mass is 16.7. The molecule has 0 unspecified atom stereocenters. The summed E-state index contributed by atoms with van der Waals surface area (Å²) < 4.78 is 15.1. The Morgan fingerprint density at radius 1 is 1.10 bits per heavy atom. The Bertz CT molecular complexity index is 592. The van der Waals surface area contributed by atoms with E-state index in [9.17, 15) is 9.59 Å². The summed E-state index contributed by atoms with van der Waals surface area (Å²) in [7, 11) is 2.92. The van der Waals surface area contributed by atoms with Gasteiger partial charge in [0.05, 0.1) is 14.2 Å². The zero-order valence-electron chi connectivity index (χ0n) is 11.2. The molecule has 5 nitrogen and oxygen atoms in total. The first kappa shape index (κ1) is 13.9. The minimum atomic E-state index is -0.301. The van der Waals surface area contributed by atoms with Crippen LogP contribution in [0.25, 0.3) is 0 Å². The van der Waals surface area contributed by atoms with Crippen molar-refractivity contribution in [2.45, 2.75) is 0 Å². The molecule has 0 heterocycles. The molecule has 0 bridgehead atoms. The summed E-state index contributed by atoms with van der Waals surface area (Å²) in [6, 6.07) is 6.66. The highest BCUT2D eigenvalue weighted by molar-refractivity contribution is 6.23. The van der Waals surface area contributed by atoms with Gasteiger partial charge in [-0.1, -0.05) is 24.3 Å². The number of Topliss-reactive ketones (excluding diaryl/α,β-unsaturated/α-hetero) is 1. The van der Waals surface area contributed by atoms with Crippen molar-refractivity contribution in [3.63, 3.8) is 0 Å². The molecule has 0 aliphatic heterocycles. The Kier molecular flexibility index (Phi) is 4.20. The smallest absolute Gasteiger partial charge is 0.277 e. The summed E-state index contributed by atoms with van der Waals surface area (Å²) in [6.45, 7) is 0.0734. The van der Waals surface area contributed by atoms with Crippen LogP contribution in [0.5, 0.6) is 0 Å². The molecule has 5 heteroatoms. The molecule has 0 amide bonds. The molecule has 0 saturated heterocycles. The molecule has 0 fully saturated rings. The van der Waals surface area contributed by atoms with E-state index in [2.05, 4.69) is 0 Å². The number of fused-ring (bicyclic) bond motifs is 1. The quantitative estimate of drug-likeness (QED) is 0.769. The van der Waals surface area contributed by atoms with Crippen LogP contribution in [-0.2, 0) is 14.2 Å². The van der Waals surface area contributed by atoms with Gasteiger partial charge in [-0.05, 0) is 0 Å². The number of ether oxygens (including phenoxy) is 3. The Labute approximate surface area is 116 Å². The van der Waals surface area contributed by atoms with Crippen molar-refractivity contribution in [1.82, 2.24) is 0 Å². The Balaban J connectivity index is 2.13. The molecule has 1 aromatic carbocycles. The molecular weight excluding hydrogens is 260 g/mol. The highest BCUT2D eigenvalue weighted by Crippen LogP contribution is 2.21. The predicted molar refractivity (Wildman–Crippen MR) is 71.2 cm³/mol. The third-order valence-electron chi connectivity index (χ3n) is 2.81. The lowest BCUT2D eigenvalue weighted by atomic mass is 9.94. The number of hydrogen-bond acceptors (Lipinski definition) is 5. The van der Waals surface area contributed by atoms with Crippen LogP contribution in [0.4, 0.5) is 0 Å². The maximum absolute atomic E-state index is 12.1. The monoisotopic (exact) mass is 274 g/mol. The number of methoxy groups -OCH3 is 2. The second kappa shape index (κ2) is 6.06. The second-order valence-electron chi connectivity index (χ2n) is 3.99. The lowest BCUT2D eigenvalue weighted by Crippen LogP contribution is -2.18. The number of carbonyl (C=O) groups excluding carboxylic acids is 2. The van der Waals surface area contributed by atoms with Gasteiger partial charge in [0.1, 0.15) is 6.61 Å². The third kappa shape index (κ3) is 2.71. The number of allylic oxidation sites excluding steroid dienone is 2. The van der Waals surface area contributed by atoms with Gasteiger partial charge in [0.25, 0.3) is 5.95 Å². The van der Waals surface area contributed by atoms with E-state index in [4.69, 9.17) is 14.2 Å². The van der Waals surface area contributed by atoms with Crippen LogP contribution in [0.1, 0.15) is 20.7 Å². The van der Waals surface area contributed by atoms with E-state index in [1.165, 1.54) is 26.4 Å². The predicted octanol–water partition coefficient (Wildman–Crippen LogP) is 2.10. The molecule has 0 spiro atoms. The van der Waals surface area contributed by atoms with Gasteiger partial charge >= 0.3 is 0 Å². The Morgan fingerprint density at radius 2 is 1.75 bits per heavy atom. The van der Waals surface area contributed by atoms with Gasteiger partial charge in [0.15, 0.2) is 11.5 Å². The van der Waals surface area contributed by atoms with Crippen molar-refractivity contribution in [1.29, 1.82) is 0 Å². The molecule has 0 N–H and O–H groups in total. The minimum Gasteiger partial charge on any atom is -0.485 e. The first-order valence-electron chi connectivity index (χ1n) is 5.98. The van der Waals surface area contributed by atoms with Crippen molar-refractivity contribution in [3.8, 4) is 0 Å². The third-order valence-corrected chi connectivity index (χ3v) is 2.81. The Morgan fingerprint density at radius 3 is 2.40 bits per heavy atom. The maximum Gasteiger partial charge on any atom is 0.277 e. The van der Waals surface area contributed by atoms with E-state index < -0.39 is 0 Å². The van der Waals surface area contributed by atoms with E-state index in [0.29, 0.717) is 11.1 Å². The molecule has 104 valence electrons. The van der Waals surface area contributed by atoms with Crippen molar-refractivity contribution < 1.29 is 23.8 Å². The van der Waals surface area contributed by atoms with Gasteiger partial charge in [0, 0.05) is 23.3 Å². The summed E-state index contributed by atoms with van der Waals surface area (Å²) in [5, 5.41) is 0. The molecular formula is C15H14O5. The van der Waals surface area contributed by atoms with Crippen LogP contribution in [0.2, 0.25) is 0 Å². The Hall–Kier alpha value is -2.56. The summed E-state index contributed by atoms with van der Waals surface area (Å²) in [4.78, 5) is 24.0. The molecule has 1 aromatic rings. The first-order chi connectivity index (χ1) is 9.67. The van der Waals surface area contributed by atoms with Crippen LogP contribution >= 0.6 is 0 Å². The average Bonchev–Trinajstić information content (AvgIpc) is 2.48. The zero-order chi connectivity index (χ0) is 14.5. The highest BCUT2D eigenvalue weighted by Gasteiger charge is 2.26. The largest absolute Gasteiger partial charge is 0.485 e. The fourth-order valence-corrected chi connectivity index (χ4v) is 1.85. The van der Waals surface area contributed by atoms with Crippen molar-refractivity contribution in [2.24, 2.45) is 0 Å². The number of carbonyl (C=O) groups is 2. The molecule has 1 aliphatic rings. The van der Waals surface area contributed by atoms with E-state index in [1.54, 1.807) is 24.3 Å². The van der Waals surface area contributed by atoms with E-state index >= 15 is 0 Å². The number of hydrogen-bond donors (Lipinski definition) is 0. The first-order valence-corrected chi connectivity index (χ1v) is 5.98. The zero-order valence-corrected chi connectivity index (χ0v) is 11.2. The van der Waals surface area contributed by atoms with Crippen LogP contribution in [0.15, 0.2) is 48.1 Å². The lowest BCUT2D eigenvalue weighted by Gasteiger charge is -2.15. The summed E-state index contributed by atoms with van der Waals surface area (Å²) in [5.74, 6) is -0.236. The van der Waals surface area contributed by atoms with Crippen molar-refractivity contribution in [2.75, 3.05) is 20.8 Å². The molecule has 2 rings (SSSR count). The second-order valence-corrected chi connectivity index (χ2v) is 3.99. The molecule has 0 aromatic heterocycles. The van der Waals surface area contributed by atoms with Crippen LogP contribution < -0.4 is 0 Å². The molecule has 0 saturated carbocycles. The summed E-state index contributed by atoms with van der Waals surface area (Å²) in [6.07, 6.45) is 2.73. The van der Waals surface area contributed by atoms with Gasteiger partial charge < -0.3 is 14.2 Å². The van der Waals surface area contributed by atoms with Gasteiger partial charge in [0.2, 0.25) is 5.78 Å². The van der Waals surface area contributed by atoms with Crippen LogP contribution in [0.3, 0.4) is 0 Å². The van der Waals surface area contributed by atoms with Crippen LogP contribution in [0, 0.1) is 0 Å². The number of benzene rings is 1. The summed E-state index contributed by atoms with van der Waals surface area (Å²) in [5.41, 5.74) is 0.757. The summed E-state index contributed by atoms with van der Waals surface area (Å²) >= 11 is 0. The standard InChI is InChI=1S/C15H14O5/c1-18-14(19-2)7-8-20-13-9-12(16)10-5-3-4-6-11(10)15(13)17/h3-7,9H,8H2,1-2H3. The molecule has 0 radical (unpaired) electrons. The average molecular weight is 274 g/mol. The lowest BCUT2D eigenvalue weighted by molar-refractivity contribution is 0.0841. The van der Waals surface area contributed by atoms with Gasteiger partial charge in [-0.25, -0.2) is 0 Å². The van der Waals surface area contributed by atoms with Crippen molar-refractivity contribution in [3.05, 3.63) is 59.2 Å². The maximum atomic E-state index is 12.1. The molecule has 20 heavy (non-hydrogen) atoms. The number of ketones is 2. The van der Waals surface area contributed by atoms with E-state index in [0.717, 1.165) is 0 Å².